The first-order chi connectivity index (χ1) is 8.37. The molecule has 0 spiro atoms. The molecule has 1 saturated heterocycles. The van der Waals surface area contributed by atoms with Crippen LogP contribution in [0.25, 0.3) is 0 Å². The van der Waals surface area contributed by atoms with Crippen molar-refractivity contribution in [3.8, 4) is 0 Å². The van der Waals surface area contributed by atoms with Crippen LogP contribution < -0.4 is 0 Å². The predicted molar refractivity (Wildman–Crippen MR) is 71.2 cm³/mol. The van der Waals surface area contributed by atoms with E-state index < -0.39 is 5.60 Å². The highest BCUT2D eigenvalue weighted by Gasteiger charge is 2.34. The molecule has 2 heterocycles. The van der Waals surface area contributed by atoms with Crippen LogP contribution in [-0.4, -0.2) is 33.1 Å². The highest BCUT2D eigenvalue weighted by Crippen LogP contribution is 2.31. The minimum absolute atomic E-state index is 0.00819. The Morgan fingerprint density at radius 1 is 1.61 bits per heavy atom. The van der Waals surface area contributed by atoms with E-state index in [1.807, 2.05) is 20.8 Å². The van der Waals surface area contributed by atoms with Gasteiger partial charge in [0.15, 0.2) is 0 Å². The molecule has 5 nitrogen and oxygen atoms in total. The smallest absolute Gasteiger partial charge is 0.410 e. The van der Waals surface area contributed by atoms with Crippen LogP contribution in [-0.2, 0) is 4.74 Å². The van der Waals surface area contributed by atoms with Crippen molar-refractivity contribution in [2.24, 2.45) is 0 Å². The molecule has 1 aliphatic rings. The maximum atomic E-state index is 12.1. The van der Waals surface area contributed by atoms with Crippen LogP contribution in [0.2, 0.25) is 0 Å². The van der Waals surface area contributed by atoms with Gasteiger partial charge in [0.2, 0.25) is 0 Å². The van der Waals surface area contributed by atoms with Crippen LogP contribution in [0.3, 0.4) is 0 Å². The van der Waals surface area contributed by atoms with Crippen molar-refractivity contribution in [1.29, 1.82) is 0 Å². The summed E-state index contributed by atoms with van der Waals surface area (Å²) in [6, 6.07) is -0.00819. The lowest BCUT2D eigenvalue weighted by molar-refractivity contribution is 0.0218. The number of hydrogen-bond acceptors (Lipinski definition) is 3. The Morgan fingerprint density at radius 2 is 2.33 bits per heavy atom. The Morgan fingerprint density at radius 3 is 2.89 bits per heavy atom. The van der Waals surface area contributed by atoms with Crippen LogP contribution in [0, 0.1) is 0 Å². The van der Waals surface area contributed by atoms with E-state index in [-0.39, 0.29) is 12.1 Å². The van der Waals surface area contributed by atoms with Gasteiger partial charge in [0.1, 0.15) is 16.0 Å². The van der Waals surface area contributed by atoms with Crippen LogP contribution >= 0.6 is 15.9 Å². The van der Waals surface area contributed by atoms with E-state index in [4.69, 9.17) is 4.74 Å². The summed E-state index contributed by atoms with van der Waals surface area (Å²) in [5.41, 5.74) is -0.464. The average molecular weight is 316 g/mol. The number of nitrogens with zero attached hydrogens (tertiary/aromatic N) is 2. The summed E-state index contributed by atoms with van der Waals surface area (Å²) in [6.07, 6.45) is 3.33. The largest absolute Gasteiger partial charge is 0.444 e. The van der Waals surface area contributed by atoms with Crippen molar-refractivity contribution in [2.45, 2.75) is 45.3 Å². The SMILES string of the molecule is CC(C)(C)OC(=O)N1CCC[C@@H]1c1ncc(Br)[nH]1. The van der Waals surface area contributed by atoms with E-state index in [1.54, 1.807) is 11.1 Å². The first-order valence-corrected chi connectivity index (χ1v) is 6.86. The Kier molecular flexibility index (Phi) is 3.66. The van der Waals surface area contributed by atoms with Crippen LogP contribution in [0.5, 0.6) is 0 Å². The molecule has 0 unspecified atom stereocenters. The molecule has 18 heavy (non-hydrogen) atoms. The molecule has 1 atom stereocenters. The molecule has 0 bridgehead atoms. The van der Waals surface area contributed by atoms with E-state index >= 15 is 0 Å². The second-order valence-corrected chi connectivity index (χ2v) is 6.30. The molecule has 1 amide bonds. The lowest BCUT2D eigenvalue weighted by Gasteiger charge is -2.27. The van der Waals surface area contributed by atoms with E-state index in [2.05, 4.69) is 25.9 Å². The van der Waals surface area contributed by atoms with Gasteiger partial charge in [0.05, 0.1) is 12.2 Å². The van der Waals surface area contributed by atoms with Crippen LogP contribution in [0.15, 0.2) is 10.8 Å². The molecule has 1 aliphatic heterocycles. The molecule has 1 aromatic heterocycles. The maximum Gasteiger partial charge on any atom is 0.410 e. The van der Waals surface area contributed by atoms with E-state index in [0.717, 1.165) is 29.8 Å². The fourth-order valence-electron chi connectivity index (χ4n) is 2.07. The van der Waals surface area contributed by atoms with Gasteiger partial charge < -0.3 is 9.72 Å². The summed E-state index contributed by atoms with van der Waals surface area (Å²) in [5, 5.41) is 0. The number of hydrogen-bond donors (Lipinski definition) is 1. The van der Waals surface area contributed by atoms with Crippen molar-refractivity contribution in [3.63, 3.8) is 0 Å². The zero-order valence-corrected chi connectivity index (χ0v) is 12.5. The number of carbonyl (C=O) groups excluding carboxylic acids is 1. The van der Waals surface area contributed by atoms with Gasteiger partial charge >= 0.3 is 6.09 Å². The predicted octanol–water partition coefficient (Wildman–Crippen LogP) is 3.24. The standard InChI is InChI=1S/C12H18BrN3O2/c1-12(2,3)18-11(17)16-6-4-5-8(16)10-14-7-9(13)15-10/h7-8H,4-6H2,1-3H3,(H,14,15)/t8-/m1/s1. The molecule has 0 aromatic carbocycles. The summed E-state index contributed by atoms with van der Waals surface area (Å²) in [7, 11) is 0. The summed E-state index contributed by atoms with van der Waals surface area (Å²) in [6.45, 7) is 6.34. The minimum atomic E-state index is -0.464. The summed E-state index contributed by atoms with van der Waals surface area (Å²) in [4.78, 5) is 21.2. The van der Waals surface area contributed by atoms with Gasteiger partial charge in [-0.25, -0.2) is 9.78 Å². The van der Waals surface area contributed by atoms with Crippen LogP contribution in [0.4, 0.5) is 4.79 Å². The molecule has 1 N–H and O–H groups in total. The van der Waals surface area contributed by atoms with E-state index in [1.165, 1.54) is 0 Å². The third-order valence-electron chi connectivity index (χ3n) is 2.76. The number of halogens is 1. The molecule has 6 heteroatoms. The maximum absolute atomic E-state index is 12.1. The van der Waals surface area contributed by atoms with Gasteiger partial charge in [-0.05, 0) is 49.5 Å². The Hall–Kier alpha value is -1.04. The molecule has 100 valence electrons. The van der Waals surface area contributed by atoms with Gasteiger partial charge in [0.25, 0.3) is 0 Å². The van der Waals surface area contributed by atoms with Gasteiger partial charge in [-0.1, -0.05) is 0 Å². The molecule has 1 fully saturated rings. The highest BCUT2D eigenvalue weighted by molar-refractivity contribution is 9.10. The number of rotatable bonds is 1. The van der Waals surface area contributed by atoms with Crippen molar-refractivity contribution >= 4 is 22.0 Å². The topological polar surface area (TPSA) is 58.2 Å². The minimum Gasteiger partial charge on any atom is -0.444 e. The number of aromatic amines is 1. The average Bonchev–Trinajstić information content (AvgIpc) is 2.81. The van der Waals surface area contributed by atoms with E-state index in [0.29, 0.717) is 0 Å². The monoisotopic (exact) mass is 315 g/mol. The summed E-state index contributed by atoms with van der Waals surface area (Å²) >= 11 is 3.33. The van der Waals surface area contributed by atoms with Gasteiger partial charge in [0, 0.05) is 6.54 Å². The quantitative estimate of drug-likeness (QED) is 0.865. The molecular formula is C12H18BrN3O2. The van der Waals surface area contributed by atoms with E-state index in [9.17, 15) is 4.79 Å². The number of aromatic nitrogens is 2. The van der Waals surface area contributed by atoms with Crippen molar-refractivity contribution < 1.29 is 9.53 Å². The lowest BCUT2D eigenvalue weighted by atomic mass is 10.2. The van der Waals surface area contributed by atoms with Gasteiger partial charge in [-0.2, -0.15) is 0 Å². The van der Waals surface area contributed by atoms with Crippen LogP contribution in [0.1, 0.15) is 45.5 Å². The molecule has 1 aromatic rings. The molecule has 0 saturated carbocycles. The Bertz CT molecular complexity index is 439. The lowest BCUT2D eigenvalue weighted by Crippen LogP contribution is -2.36. The first kappa shape index (κ1) is 13.4. The Labute approximate surface area is 115 Å². The number of ether oxygens (including phenoxy) is 1. The molecule has 0 aliphatic carbocycles. The number of likely N-dealkylation sites (tertiary alicyclic amines) is 1. The Balaban J connectivity index is 2.10. The second-order valence-electron chi connectivity index (χ2n) is 5.45. The van der Waals surface area contributed by atoms with Crippen molar-refractivity contribution in [3.05, 3.63) is 16.6 Å². The van der Waals surface area contributed by atoms with Gasteiger partial charge in [-0.3, -0.25) is 4.90 Å². The van der Waals surface area contributed by atoms with Crippen molar-refractivity contribution in [1.82, 2.24) is 14.9 Å². The number of H-pyrrole nitrogens is 1. The van der Waals surface area contributed by atoms with Crippen molar-refractivity contribution in [2.75, 3.05) is 6.54 Å². The number of imidazole rings is 1. The third-order valence-corrected chi connectivity index (χ3v) is 3.16. The summed E-state index contributed by atoms with van der Waals surface area (Å²) < 4.78 is 6.24. The number of carbonyl (C=O) groups is 1. The molecular weight excluding hydrogens is 298 g/mol. The zero-order chi connectivity index (χ0) is 13.3. The number of amides is 1. The fraction of sp³-hybridized carbons (Fsp3) is 0.667. The zero-order valence-electron chi connectivity index (χ0n) is 10.9. The number of nitrogens with one attached hydrogen (secondary N) is 1. The normalized spacial score (nSPS) is 20.2. The summed E-state index contributed by atoms with van der Waals surface area (Å²) in [5.74, 6) is 0.810. The fourth-order valence-corrected chi connectivity index (χ4v) is 2.38. The first-order valence-electron chi connectivity index (χ1n) is 6.07. The highest BCUT2D eigenvalue weighted by atomic mass is 79.9. The second kappa shape index (κ2) is 4.91. The molecule has 2 rings (SSSR count). The third kappa shape index (κ3) is 3.04. The van der Waals surface area contributed by atoms with Gasteiger partial charge in [-0.15, -0.1) is 0 Å². The molecule has 0 radical (unpaired) electrons.